The molecule has 2 aromatic carbocycles. The molecule has 1 aliphatic heterocycles. The van der Waals surface area contributed by atoms with Crippen molar-refractivity contribution in [2.75, 3.05) is 24.4 Å². The van der Waals surface area contributed by atoms with Gasteiger partial charge >= 0.3 is 0 Å². The summed E-state index contributed by atoms with van der Waals surface area (Å²) in [5.41, 5.74) is 3.07. The summed E-state index contributed by atoms with van der Waals surface area (Å²) < 4.78 is 28.9. The highest BCUT2D eigenvalue weighted by Gasteiger charge is 2.29. The van der Waals surface area contributed by atoms with E-state index in [1.54, 1.807) is 43.0 Å². The number of hydrogen-bond donors (Lipinski definition) is 2. The van der Waals surface area contributed by atoms with Gasteiger partial charge in [0.1, 0.15) is 0 Å². The molecule has 184 valence electrons. The highest BCUT2D eigenvalue weighted by atomic mass is 32.2. The molecule has 1 atom stereocenters. The van der Waals surface area contributed by atoms with E-state index in [2.05, 4.69) is 17.0 Å². The molecule has 0 aliphatic carbocycles. The number of nitrogens with one attached hydrogen (secondary N) is 2. The molecule has 7 nitrogen and oxygen atoms in total. The predicted molar refractivity (Wildman–Crippen MR) is 134 cm³/mol. The van der Waals surface area contributed by atoms with Crippen molar-refractivity contribution in [3.05, 3.63) is 58.7 Å². The second-order valence-electron chi connectivity index (χ2n) is 9.15. The van der Waals surface area contributed by atoms with E-state index in [9.17, 15) is 18.0 Å². The number of carbonyl (C=O) groups is 2. The third kappa shape index (κ3) is 6.17. The van der Waals surface area contributed by atoms with Crippen LogP contribution in [0.15, 0.2) is 41.3 Å². The maximum absolute atomic E-state index is 13.2. The summed E-state index contributed by atoms with van der Waals surface area (Å²) in [5.74, 6) is -0.421. The molecule has 2 N–H and O–H groups in total. The standard InChI is InChI=1S/C26H35N3O4S/c1-5-6-12-27-25(30)22-10-8-13-29(17-22)26(31)21-9-7-11-23(16-21)28-34(32,33)24-19(3)14-18(2)15-20(24)4/h7,9,11,14-16,22,28H,5-6,8,10,12-13,17H2,1-4H3,(H,27,30)/t22-/m1/s1. The number of carbonyl (C=O) groups excluding carboxylic acids is 2. The normalized spacial score (nSPS) is 16.2. The third-order valence-corrected chi connectivity index (χ3v) is 7.83. The van der Waals surface area contributed by atoms with Crippen molar-refractivity contribution < 1.29 is 18.0 Å². The summed E-state index contributed by atoms with van der Waals surface area (Å²) >= 11 is 0. The molecule has 2 aromatic rings. The van der Waals surface area contributed by atoms with E-state index < -0.39 is 10.0 Å². The second-order valence-corrected chi connectivity index (χ2v) is 10.8. The van der Waals surface area contributed by atoms with Gasteiger partial charge < -0.3 is 10.2 Å². The van der Waals surface area contributed by atoms with Gasteiger partial charge in [-0.2, -0.15) is 0 Å². The Morgan fingerprint density at radius 3 is 2.47 bits per heavy atom. The molecular weight excluding hydrogens is 450 g/mol. The fraction of sp³-hybridized carbons (Fsp3) is 0.462. The Labute approximate surface area is 203 Å². The first-order chi connectivity index (χ1) is 16.1. The maximum Gasteiger partial charge on any atom is 0.262 e. The van der Waals surface area contributed by atoms with Gasteiger partial charge in [0, 0.05) is 30.9 Å². The summed E-state index contributed by atoms with van der Waals surface area (Å²) in [6.07, 6.45) is 3.47. The lowest BCUT2D eigenvalue weighted by Crippen LogP contribution is -2.45. The molecule has 0 saturated carbocycles. The number of benzene rings is 2. The van der Waals surface area contributed by atoms with Gasteiger partial charge in [0.2, 0.25) is 5.91 Å². The van der Waals surface area contributed by atoms with Gasteiger partial charge in [-0.3, -0.25) is 14.3 Å². The number of aryl methyl sites for hydroxylation is 3. The van der Waals surface area contributed by atoms with Gasteiger partial charge in [0.25, 0.3) is 15.9 Å². The van der Waals surface area contributed by atoms with Crippen LogP contribution in [0.25, 0.3) is 0 Å². The van der Waals surface area contributed by atoms with E-state index in [1.165, 1.54) is 0 Å². The average Bonchev–Trinajstić information content (AvgIpc) is 2.77. The molecule has 0 unspecified atom stereocenters. The molecule has 34 heavy (non-hydrogen) atoms. The number of unbranched alkanes of at least 4 members (excludes halogenated alkanes) is 1. The summed E-state index contributed by atoms with van der Waals surface area (Å²) in [7, 11) is -3.82. The number of likely N-dealkylation sites (tertiary alicyclic amines) is 1. The lowest BCUT2D eigenvalue weighted by Gasteiger charge is -2.32. The monoisotopic (exact) mass is 485 g/mol. The second kappa shape index (κ2) is 11.0. The molecule has 0 radical (unpaired) electrons. The Bertz CT molecular complexity index is 1140. The van der Waals surface area contributed by atoms with Crippen LogP contribution >= 0.6 is 0 Å². The number of anilines is 1. The van der Waals surface area contributed by atoms with Crippen molar-refractivity contribution >= 4 is 27.5 Å². The molecule has 0 bridgehead atoms. The quantitative estimate of drug-likeness (QED) is 0.548. The third-order valence-electron chi connectivity index (χ3n) is 6.14. The Morgan fingerprint density at radius 2 is 1.79 bits per heavy atom. The molecule has 1 fully saturated rings. The largest absolute Gasteiger partial charge is 0.356 e. The minimum absolute atomic E-state index is 0.00343. The maximum atomic E-state index is 13.2. The summed E-state index contributed by atoms with van der Waals surface area (Å²) in [5, 5.41) is 2.96. The van der Waals surface area contributed by atoms with Crippen LogP contribution in [0.5, 0.6) is 0 Å². The smallest absolute Gasteiger partial charge is 0.262 e. The van der Waals surface area contributed by atoms with Crippen LogP contribution in [0.4, 0.5) is 5.69 Å². The van der Waals surface area contributed by atoms with Crippen LogP contribution in [0, 0.1) is 26.7 Å². The van der Waals surface area contributed by atoms with E-state index in [0.29, 0.717) is 42.0 Å². The highest BCUT2D eigenvalue weighted by Crippen LogP contribution is 2.25. The van der Waals surface area contributed by atoms with Gasteiger partial charge in [-0.15, -0.1) is 0 Å². The first-order valence-electron chi connectivity index (χ1n) is 11.9. The molecule has 1 saturated heterocycles. The summed E-state index contributed by atoms with van der Waals surface area (Å²) in [6.45, 7) is 9.16. The highest BCUT2D eigenvalue weighted by molar-refractivity contribution is 7.92. The molecule has 2 amide bonds. The number of amides is 2. The molecule has 1 heterocycles. The molecule has 0 aromatic heterocycles. The van der Waals surface area contributed by atoms with Gasteiger partial charge in [0.15, 0.2) is 0 Å². The van der Waals surface area contributed by atoms with E-state index >= 15 is 0 Å². The van der Waals surface area contributed by atoms with E-state index in [4.69, 9.17) is 0 Å². The Hall–Kier alpha value is -2.87. The zero-order chi connectivity index (χ0) is 24.9. The molecule has 8 heteroatoms. The van der Waals surface area contributed by atoms with Crippen molar-refractivity contribution in [1.82, 2.24) is 10.2 Å². The molecule has 1 aliphatic rings. The van der Waals surface area contributed by atoms with Crippen molar-refractivity contribution in [3.63, 3.8) is 0 Å². The SMILES string of the molecule is CCCCNC(=O)[C@@H]1CCCN(C(=O)c2cccc(NS(=O)(=O)c3c(C)cc(C)cc3C)c2)C1. The number of nitrogens with zero attached hydrogens (tertiary/aromatic N) is 1. The average molecular weight is 486 g/mol. The number of sulfonamides is 1. The Kier molecular flexibility index (Phi) is 8.36. The van der Waals surface area contributed by atoms with Crippen LogP contribution < -0.4 is 10.0 Å². The Morgan fingerprint density at radius 1 is 1.09 bits per heavy atom. The van der Waals surface area contributed by atoms with E-state index in [1.807, 2.05) is 19.1 Å². The molecular formula is C26H35N3O4S. The Balaban J connectivity index is 1.74. The van der Waals surface area contributed by atoms with Crippen LogP contribution in [-0.2, 0) is 14.8 Å². The summed E-state index contributed by atoms with van der Waals surface area (Å²) in [4.78, 5) is 27.6. The lowest BCUT2D eigenvalue weighted by molar-refractivity contribution is -0.126. The first-order valence-corrected chi connectivity index (χ1v) is 13.4. The van der Waals surface area contributed by atoms with E-state index in [-0.39, 0.29) is 22.6 Å². The number of rotatable bonds is 8. The predicted octanol–water partition coefficient (Wildman–Crippen LogP) is 4.18. The van der Waals surface area contributed by atoms with Crippen LogP contribution in [0.1, 0.15) is 59.7 Å². The van der Waals surface area contributed by atoms with Crippen molar-refractivity contribution in [1.29, 1.82) is 0 Å². The van der Waals surface area contributed by atoms with Crippen molar-refractivity contribution in [2.45, 2.75) is 58.3 Å². The minimum Gasteiger partial charge on any atom is -0.356 e. The van der Waals surface area contributed by atoms with Crippen molar-refractivity contribution in [3.8, 4) is 0 Å². The first kappa shape index (κ1) is 25.7. The summed E-state index contributed by atoms with van der Waals surface area (Å²) in [6, 6.07) is 10.2. The van der Waals surface area contributed by atoms with Gasteiger partial charge in [-0.1, -0.05) is 37.1 Å². The molecule has 3 rings (SSSR count). The van der Waals surface area contributed by atoms with Crippen molar-refractivity contribution in [2.24, 2.45) is 5.92 Å². The number of piperidine rings is 1. The zero-order valence-electron chi connectivity index (χ0n) is 20.5. The van der Waals surface area contributed by atoms with Gasteiger partial charge in [0.05, 0.1) is 10.8 Å². The van der Waals surface area contributed by atoms with Crippen LogP contribution in [-0.4, -0.2) is 44.8 Å². The van der Waals surface area contributed by atoms with Gasteiger partial charge in [-0.25, -0.2) is 8.42 Å². The number of hydrogen-bond acceptors (Lipinski definition) is 4. The topological polar surface area (TPSA) is 95.6 Å². The minimum atomic E-state index is -3.82. The fourth-order valence-electron chi connectivity index (χ4n) is 4.60. The van der Waals surface area contributed by atoms with Crippen LogP contribution in [0.2, 0.25) is 0 Å². The van der Waals surface area contributed by atoms with Gasteiger partial charge in [-0.05, 0) is 69.4 Å². The van der Waals surface area contributed by atoms with E-state index in [0.717, 1.165) is 31.2 Å². The molecule has 0 spiro atoms. The lowest BCUT2D eigenvalue weighted by atomic mass is 9.96. The zero-order valence-corrected chi connectivity index (χ0v) is 21.3. The van der Waals surface area contributed by atoms with Crippen LogP contribution in [0.3, 0.4) is 0 Å². The fourth-order valence-corrected chi connectivity index (χ4v) is 6.11.